The average molecular weight is 353 g/mol. The molecule has 0 aliphatic carbocycles. The Morgan fingerprint density at radius 1 is 1.00 bits per heavy atom. The number of carbonyl (C=O) groups is 2. The first-order chi connectivity index (χ1) is 10.9. The first kappa shape index (κ1) is 17.3. The zero-order valence-corrected chi connectivity index (χ0v) is 14.1. The molecule has 4 nitrogen and oxygen atoms in total. The van der Waals surface area contributed by atoms with Crippen LogP contribution in [-0.2, 0) is 11.2 Å². The highest BCUT2D eigenvalue weighted by Gasteiger charge is 2.13. The molecule has 0 unspecified atom stereocenters. The van der Waals surface area contributed by atoms with E-state index < -0.39 is 5.97 Å². The largest absolute Gasteiger partial charge is 0.493 e. The van der Waals surface area contributed by atoms with Crippen molar-refractivity contribution < 1.29 is 19.1 Å². The molecule has 0 fully saturated rings. The minimum absolute atomic E-state index is 0.0362. The molecule has 0 bridgehead atoms. The van der Waals surface area contributed by atoms with Gasteiger partial charge in [-0.1, -0.05) is 29.3 Å². The Kier molecular flexibility index (Phi) is 5.64. The second kappa shape index (κ2) is 7.49. The van der Waals surface area contributed by atoms with Crippen molar-refractivity contribution in [1.29, 1.82) is 0 Å². The minimum atomic E-state index is -0.475. The van der Waals surface area contributed by atoms with Gasteiger partial charge in [0.1, 0.15) is 0 Å². The van der Waals surface area contributed by atoms with Gasteiger partial charge in [-0.2, -0.15) is 0 Å². The van der Waals surface area contributed by atoms with Gasteiger partial charge in [0.15, 0.2) is 17.3 Å². The molecule has 0 atom stereocenters. The zero-order valence-electron chi connectivity index (χ0n) is 12.6. The van der Waals surface area contributed by atoms with Crippen molar-refractivity contribution in [3.05, 3.63) is 57.6 Å². The highest BCUT2D eigenvalue weighted by molar-refractivity contribution is 6.42. The van der Waals surface area contributed by atoms with Gasteiger partial charge in [-0.15, -0.1) is 0 Å². The van der Waals surface area contributed by atoms with Gasteiger partial charge in [-0.25, -0.2) is 0 Å². The van der Waals surface area contributed by atoms with E-state index in [0.29, 0.717) is 26.9 Å². The van der Waals surface area contributed by atoms with Crippen molar-refractivity contribution in [2.24, 2.45) is 0 Å². The first-order valence-electron chi connectivity index (χ1n) is 6.74. The van der Waals surface area contributed by atoms with Crippen LogP contribution in [0, 0.1) is 0 Å². The number of ketones is 1. The fourth-order valence-corrected chi connectivity index (χ4v) is 2.27. The maximum absolute atomic E-state index is 12.0. The number of methoxy groups -OCH3 is 1. The molecule has 23 heavy (non-hydrogen) atoms. The Hall–Kier alpha value is -2.04. The molecule has 0 spiro atoms. The number of halogens is 2. The highest BCUT2D eigenvalue weighted by atomic mass is 35.5. The maximum atomic E-state index is 12.0. The Balaban J connectivity index is 2.13. The van der Waals surface area contributed by atoms with E-state index in [-0.39, 0.29) is 18.0 Å². The molecule has 120 valence electrons. The van der Waals surface area contributed by atoms with Crippen LogP contribution in [0.4, 0.5) is 0 Å². The SMILES string of the molecule is COc1cc(C(C)=O)ccc1OC(=O)Cc1ccc(Cl)c(Cl)c1. The lowest BCUT2D eigenvalue weighted by Gasteiger charge is -2.10. The van der Waals surface area contributed by atoms with Crippen LogP contribution in [0.15, 0.2) is 36.4 Å². The van der Waals surface area contributed by atoms with Gasteiger partial charge >= 0.3 is 5.97 Å². The molecule has 2 aromatic carbocycles. The number of carbonyl (C=O) groups excluding carboxylic acids is 2. The van der Waals surface area contributed by atoms with Crippen LogP contribution in [0.1, 0.15) is 22.8 Å². The molecule has 6 heteroatoms. The van der Waals surface area contributed by atoms with E-state index >= 15 is 0 Å². The van der Waals surface area contributed by atoms with Crippen molar-refractivity contribution >= 4 is 35.0 Å². The number of ether oxygens (including phenoxy) is 2. The number of benzene rings is 2. The molecule has 0 saturated carbocycles. The molecule has 0 radical (unpaired) electrons. The van der Waals surface area contributed by atoms with Crippen molar-refractivity contribution in [3.63, 3.8) is 0 Å². The van der Waals surface area contributed by atoms with Gasteiger partial charge in [-0.05, 0) is 42.8 Å². The molecular weight excluding hydrogens is 339 g/mol. The Labute approximate surface area is 143 Å². The maximum Gasteiger partial charge on any atom is 0.315 e. The molecule has 0 aromatic heterocycles. The summed E-state index contributed by atoms with van der Waals surface area (Å²) >= 11 is 11.8. The number of esters is 1. The van der Waals surface area contributed by atoms with E-state index in [4.69, 9.17) is 32.7 Å². The van der Waals surface area contributed by atoms with Crippen molar-refractivity contribution in [3.8, 4) is 11.5 Å². The Morgan fingerprint density at radius 2 is 1.74 bits per heavy atom. The summed E-state index contributed by atoms with van der Waals surface area (Å²) < 4.78 is 10.4. The fourth-order valence-electron chi connectivity index (χ4n) is 1.95. The van der Waals surface area contributed by atoms with Crippen molar-refractivity contribution in [2.45, 2.75) is 13.3 Å². The third-order valence-electron chi connectivity index (χ3n) is 3.13. The lowest BCUT2D eigenvalue weighted by atomic mass is 10.1. The molecule has 2 rings (SSSR count). The van der Waals surface area contributed by atoms with E-state index in [1.165, 1.54) is 26.2 Å². The van der Waals surface area contributed by atoms with E-state index in [2.05, 4.69) is 0 Å². The number of rotatable bonds is 5. The smallest absolute Gasteiger partial charge is 0.315 e. The normalized spacial score (nSPS) is 10.3. The topological polar surface area (TPSA) is 52.6 Å². The van der Waals surface area contributed by atoms with Crippen LogP contribution in [0.3, 0.4) is 0 Å². The van der Waals surface area contributed by atoms with Gasteiger partial charge in [0.25, 0.3) is 0 Å². The molecule has 0 saturated heterocycles. The molecule has 0 aliphatic rings. The van der Waals surface area contributed by atoms with Gasteiger partial charge in [0.05, 0.1) is 23.6 Å². The standard InChI is InChI=1S/C17H14Cl2O4/c1-10(20)12-4-6-15(16(9-12)22-2)23-17(21)8-11-3-5-13(18)14(19)7-11/h3-7,9H,8H2,1-2H3. The predicted molar refractivity (Wildman–Crippen MR) is 88.8 cm³/mol. The van der Waals surface area contributed by atoms with E-state index in [1.807, 2.05) is 0 Å². The summed E-state index contributed by atoms with van der Waals surface area (Å²) in [5.74, 6) is -0.00278. The quantitative estimate of drug-likeness (QED) is 0.456. The lowest BCUT2D eigenvalue weighted by molar-refractivity contribution is -0.133. The van der Waals surface area contributed by atoms with E-state index in [0.717, 1.165) is 0 Å². The van der Waals surface area contributed by atoms with Crippen LogP contribution in [0.25, 0.3) is 0 Å². The first-order valence-corrected chi connectivity index (χ1v) is 7.50. The van der Waals surface area contributed by atoms with Crippen LogP contribution in [0.5, 0.6) is 11.5 Å². The third-order valence-corrected chi connectivity index (χ3v) is 3.87. The van der Waals surface area contributed by atoms with Crippen LogP contribution in [-0.4, -0.2) is 18.9 Å². The second-order valence-corrected chi connectivity index (χ2v) is 5.64. The zero-order chi connectivity index (χ0) is 17.0. The minimum Gasteiger partial charge on any atom is -0.493 e. The van der Waals surface area contributed by atoms with Gasteiger partial charge < -0.3 is 9.47 Å². The molecule has 2 aromatic rings. The molecule has 0 aliphatic heterocycles. The van der Waals surface area contributed by atoms with Gasteiger partial charge in [0, 0.05) is 5.56 Å². The average Bonchev–Trinajstić information content (AvgIpc) is 2.51. The second-order valence-electron chi connectivity index (χ2n) is 4.82. The van der Waals surface area contributed by atoms with Crippen LogP contribution < -0.4 is 9.47 Å². The molecular formula is C17H14Cl2O4. The number of hydrogen-bond donors (Lipinski definition) is 0. The monoisotopic (exact) mass is 352 g/mol. The van der Waals surface area contributed by atoms with Crippen LogP contribution >= 0.6 is 23.2 Å². The highest BCUT2D eigenvalue weighted by Crippen LogP contribution is 2.29. The summed E-state index contributed by atoms with van der Waals surface area (Å²) in [6, 6.07) is 9.57. The number of hydrogen-bond acceptors (Lipinski definition) is 4. The summed E-state index contributed by atoms with van der Waals surface area (Å²) in [6.07, 6.45) is 0.0362. The summed E-state index contributed by atoms with van der Waals surface area (Å²) in [5.41, 5.74) is 1.16. The summed E-state index contributed by atoms with van der Waals surface area (Å²) in [7, 11) is 1.44. The number of Topliss-reactive ketones (excluding diaryl/α,β-unsaturated/α-hetero) is 1. The van der Waals surface area contributed by atoms with Crippen molar-refractivity contribution in [2.75, 3.05) is 7.11 Å². The molecule has 0 amide bonds. The van der Waals surface area contributed by atoms with Gasteiger partial charge in [0.2, 0.25) is 0 Å². The Morgan fingerprint density at radius 3 is 2.35 bits per heavy atom. The summed E-state index contributed by atoms with van der Waals surface area (Å²) in [5, 5.41) is 0.797. The van der Waals surface area contributed by atoms with E-state index in [9.17, 15) is 9.59 Å². The van der Waals surface area contributed by atoms with Crippen molar-refractivity contribution in [1.82, 2.24) is 0 Å². The molecule has 0 heterocycles. The summed E-state index contributed by atoms with van der Waals surface area (Å²) in [4.78, 5) is 23.4. The molecule has 0 N–H and O–H groups in total. The van der Waals surface area contributed by atoms with E-state index in [1.54, 1.807) is 24.3 Å². The fraction of sp³-hybridized carbons (Fsp3) is 0.176. The predicted octanol–water partition coefficient (Wildman–Crippen LogP) is 4.35. The Bertz CT molecular complexity index is 756. The van der Waals surface area contributed by atoms with Crippen LogP contribution in [0.2, 0.25) is 10.0 Å². The summed E-state index contributed by atoms with van der Waals surface area (Å²) in [6.45, 7) is 1.45. The third kappa shape index (κ3) is 4.47. The van der Waals surface area contributed by atoms with Gasteiger partial charge in [-0.3, -0.25) is 9.59 Å². The lowest BCUT2D eigenvalue weighted by Crippen LogP contribution is -2.12.